The molecule has 2 heterocycles. The number of rotatable bonds is 6. The van der Waals surface area contributed by atoms with Crippen molar-refractivity contribution in [2.75, 3.05) is 0 Å². The minimum absolute atomic E-state index is 0.290. The van der Waals surface area contributed by atoms with E-state index in [0.29, 0.717) is 30.8 Å². The molecule has 0 spiro atoms. The number of thiophene rings is 1. The highest BCUT2D eigenvalue weighted by Crippen LogP contribution is 2.19. The molecule has 0 amide bonds. The van der Waals surface area contributed by atoms with E-state index >= 15 is 0 Å². The lowest BCUT2D eigenvalue weighted by Crippen LogP contribution is -2.30. The van der Waals surface area contributed by atoms with Gasteiger partial charge in [0, 0.05) is 22.3 Å². The van der Waals surface area contributed by atoms with E-state index < -0.39 is 0 Å². The summed E-state index contributed by atoms with van der Waals surface area (Å²) < 4.78 is 5.04. The van der Waals surface area contributed by atoms with Crippen molar-refractivity contribution in [3.63, 3.8) is 0 Å². The lowest BCUT2D eigenvalue weighted by Gasteiger charge is -2.24. The molecule has 0 unspecified atom stereocenters. The maximum Gasteiger partial charge on any atom is 0.240 e. The standard InChI is InChI=1S/C13H20N4OS/c1-9(2)17(7-11-5-4-10(3)19-11)8-12-15-13(6-14)18-16-12/h4-5,9H,6-8,14H2,1-3H3. The highest BCUT2D eigenvalue weighted by atomic mass is 32.1. The van der Waals surface area contributed by atoms with Crippen molar-refractivity contribution < 1.29 is 4.52 Å². The largest absolute Gasteiger partial charge is 0.338 e. The van der Waals surface area contributed by atoms with Crippen molar-refractivity contribution >= 4 is 11.3 Å². The van der Waals surface area contributed by atoms with Crippen molar-refractivity contribution in [1.29, 1.82) is 0 Å². The van der Waals surface area contributed by atoms with Gasteiger partial charge < -0.3 is 10.3 Å². The quantitative estimate of drug-likeness (QED) is 0.879. The number of nitrogens with two attached hydrogens (primary N) is 1. The molecule has 0 aliphatic heterocycles. The Labute approximate surface area is 117 Å². The second-order valence-corrected chi connectivity index (χ2v) is 6.19. The smallest absolute Gasteiger partial charge is 0.240 e. The maximum atomic E-state index is 5.47. The summed E-state index contributed by atoms with van der Waals surface area (Å²) in [4.78, 5) is 9.26. The van der Waals surface area contributed by atoms with E-state index in [9.17, 15) is 0 Å². The Morgan fingerprint density at radius 1 is 1.37 bits per heavy atom. The van der Waals surface area contributed by atoms with Gasteiger partial charge in [0.05, 0.1) is 13.1 Å². The maximum absolute atomic E-state index is 5.47. The molecule has 0 aliphatic carbocycles. The molecular weight excluding hydrogens is 260 g/mol. The summed E-state index contributed by atoms with van der Waals surface area (Å²) in [6, 6.07) is 4.75. The van der Waals surface area contributed by atoms with Gasteiger partial charge in [0.25, 0.3) is 0 Å². The average Bonchev–Trinajstić information content (AvgIpc) is 2.97. The molecule has 0 saturated heterocycles. The van der Waals surface area contributed by atoms with Gasteiger partial charge in [0.2, 0.25) is 5.89 Å². The van der Waals surface area contributed by atoms with Crippen LogP contribution >= 0.6 is 11.3 Å². The lowest BCUT2D eigenvalue weighted by atomic mass is 10.3. The highest BCUT2D eigenvalue weighted by Gasteiger charge is 2.15. The minimum Gasteiger partial charge on any atom is -0.338 e. The first kappa shape index (κ1) is 14.2. The molecule has 2 aromatic rings. The van der Waals surface area contributed by atoms with E-state index in [4.69, 9.17) is 10.3 Å². The average molecular weight is 280 g/mol. The SMILES string of the molecule is Cc1ccc(CN(Cc2noc(CN)n2)C(C)C)s1. The van der Waals surface area contributed by atoms with Gasteiger partial charge >= 0.3 is 0 Å². The predicted molar refractivity (Wildman–Crippen MR) is 75.6 cm³/mol. The van der Waals surface area contributed by atoms with Crippen LogP contribution in [0, 0.1) is 6.92 Å². The Balaban J connectivity index is 2.03. The summed E-state index contributed by atoms with van der Waals surface area (Å²) in [5.41, 5.74) is 5.47. The minimum atomic E-state index is 0.290. The second kappa shape index (κ2) is 6.27. The zero-order valence-corrected chi connectivity index (χ0v) is 12.4. The Kier molecular flexibility index (Phi) is 4.68. The summed E-state index contributed by atoms with van der Waals surface area (Å²) in [6.07, 6.45) is 0. The molecule has 0 aromatic carbocycles. The highest BCUT2D eigenvalue weighted by molar-refractivity contribution is 7.11. The molecule has 19 heavy (non-hydrogen) atoms. The van der Waals surface area contributed by atoms with Gasteiger partial charge in [-0.25, -0.2) is 0 Å². The monoisotopic (exact) mass is 280 g/mol. The third-order valence-corrected chi connectivity index (χ3v) is 3.90. The predicted octanol–water partition coefficient (Wildman–Crippen LogP) is 2.31. The van der Waals surface area contributed by atoms with Gasteiger partial charge in [0.1, 0.15) is 0 Å². The van der Waals surface area contributed by atoms with Crippen LogP contribution in [0.25, 0.3) is 0 Å². The fourth-order valence-corrected chi connectivity index (χ4v) is 2.73. The first-order valence-electron chi connectivity index (χ1n) is 6.39. The Morgan fingerprint density at radius 3 is 2.68 bits per heavy atom. The van der Waals surface area contributed by atoms with Gasteiger partial charge in [-0.15, -0.1) is 11.3 Å². The van der Waals surface area contributed by atoms with Gasteiger partial charge in [-0.2, -0.15) is 4.98 Å². The Morgan fingerprint density at radius 2 is 2.16 bits per heavy atom. The van der Waals surface area contributed by atoms with Crippen LogP contribution in [0.15, 0.2) is 16.7 Å². The molecule has 0 aliphatic rings. The van der Waals surface area contributed by atoms with E-state index in [-0.39, 0.29) is 0 Å². The molecule has 0 fully saturated rings. The van der Waals surface area contributed by atoms with Crippen molar-refractivity contribution in [2.24, 2.45) is 5.73 Å². The Hall–Kier alpha value is -1.24. The summed E-state index contributed by atoms with van der Waals surface area (Å²) in [7, 11) is 0. The van der Waals surface area contributed by atoms with Crippen molar-refractivity contribution in [3.8, 4) is 0 Å². The fourth-order valence-electron chi connectivity index (χ4n) is 1.81. The molecule has 2 N–H and O–H groups in total. The first-order valence-corrected chi connectivity index (χ1v) is 7.21. The number of nitrogens with zero attached hydrogens (tertiary/aromatic N) is 3. The number of hydrogen-bond acceptors (Lipinski definition) is 6. The molecular formula is C13H20N4OS. The van der Waals surface area contributed by atoms with Crippen molar-refractivity contribution in [2.45, 2.75) is 46.4 Å². The van der Waals surface area contributed by atoms with Crippen LogP contribution in [0.1, 0.15) is 35.3 Å². The zero-order chi connectivity index (χ0) is 13.8. The van der Waals surface area contributed by atoms with E-state index in [1.807, 2.05) is 11.3 Å². The first-order chi connectivity index (χ1) is 9.08. The van der Waals surface area contributed by atoms with Crippen LogP contribution in [0.4, 0.5) is 0 Å². The zero-order valence-electron chi connectivity index (χ0n) is 11.6. The van der Waals surface area contributed by atoms with E-state index in [0.717, 1.165) is 6.54 Å². The fraction of sp³-hybridized carbons (Fsp3) is 0.538. The molecule has 2 aromatic heterocycles. The molecule has 2 rings (SSSR count). The van der Waals surface area contributed by atoms with Crippen LogP contribution in [0.5, 0.6) is 0 Å². The summed E-state index contributed by atoms with van der Waals surface area (Å²) in [5.74, 6) is 1.19. The van der Waals surface area contributed by atoms with Crippen molar-refractivity contribution in [1.82, 2.24) is 15.0 Å². The number of hydrogen-bond donors (Lipinski definition) is 1. The van der Waals surface area contributed by atoms with E-state index in [2.05, 4.69) is 47.9 Å². The molecule has 0 radical (unpaired) electrons. The van der Waals surface area contributed by atoms with Crippen LogP contribution in [0.3, 0.4) is 0 Å². The van der Waals surface area contributed by atoms with Crippen molar-refractivity contribution in [3.05, 3.63) is 33.6 Å². The van der Waals surface area contributed by atoms with E-state index in [1.165, 1.54) is 9.75 Å². The topological polar surface area (TPSA) is 68.2 Å². The summed E-state index contributed by atoms with van der Waals surface area (Å²) in [6.45, 7) is 8.34. The van der Waals surface area contributed by atoms with E-state index in [1.54, 1.807) is 0 Å². The Bertz CT molecular complexity index is 520. The molecule has 6 heteroatoms. The molecule has 5 nitrogen and oxygen atoms in total. The van der Waals surface area contributed by atoms with Gasteiger partial charge in [0.15, 0.2) is 5.82 Å². The molecule has 0 atom stereocenters. The summed E-state index contributed by atoms with van der Waals surface area (Å²) >= 11 is 1.83. The number of aryl methyl sites for hydroxylation is 1. The van der Waals surface area contributed by atoms with Crippen LogP contribution in [-0.2, 0) is 19.6 Å². The normalized spacial score (nSPS) is 11.7. The molecule has 0 bridgehead atoms. The molecule has 104 valence electrons. The van der Waals surface area contributed by atoms with Crippen LogP contribution in [0.2, 0.25) is 0 Å². The van der Waals surface area contributed by atoms with Crippen LogP contribution in [-0.4, -0.2) is 21.1 Å². The third-order valence-electron chi connectivity index (χ3n) is 2.91. The third kappa shape index (κ3) is 3.86. The number of aromatic nitrogens is 2. The molecule has 0 saturated carbocycles. The summed E-state index contributed by atoms with van der Waals surface area (Å²) in [5, 5.41) is 3.95. The van der Waals surface area contributed by atoms with Crippen LogP contribution < -0.4 is 5.73 Å². The van der Waals surface area contributed by atoms with Gasteiger partial charge in [-0.05, 0) is 32.9 Å². The second-order valence-electron chi connectivity index (χ2n) is 4.82. The van der Waals surface area contributed by atoms with Gasteiger partial charge in [-0.1, -0.05) is 5.16 Å². The lowest BCUT2D eigenvalue weighted by molar-refractivity contribution is 0.197. The van der Waals surface area contributed by atoms with Gasteiger partial charge in [-0.3, -0.25) is 4.90 Å².